The van der Waals surface area contributed by atoms with Gasteiger partial charge in [0.2, 0.25) is 5.69 Å². The Hall–Kier alpha value is -2.36. The van der Waals surface area contributed by atoms with Crippen molar-refractivity contribution in [1.82, 2.24) is 0 Å². The van der Waals surface area contributed by atoms with E-state index in [4.69, 9.17) is 14.9 Å². The molecule has 2 rings (SSSR count). The van der Waals surface area contributed by atoms with Crippen LogP contribution in [-0.4, -0.2) is 0 Å². The summed E-state index contributed by atoms with van der Waals surface area (Å²) in [5.41, 5.74) is 9.31. The van der Waals surface area contributed by atoms with E-state index < -0.39 is 0 Å². The summed E-state index contributed by atoms with van der Waals surface area (Å²) in [6, 6.07) is 7.86. The Morgan fingerprint density at radius 1 is 1.38 bits per heavy atom. The molecule has 0 saturated heterocycles. The van der Waals surface area contributed by atoms with E-state index in [9.17, 15) is 0 Å². The largest absolute Gasteiger partial charge is 0.800 e. The van der Waals surface area contributed by atoms with Gasteiger partial charge in [0.05, 0.1) is 0 Å². The van der Waals surface area contributed by atoms with Gasteiger partial charge in [-0.3, -0.25) is 0 Å². The minimum absolute atomic E-state index is 0.392. The van der Waals surface area contributed by atoms with Crippen molar-refractivity contribution in [1.29, 1.82) is 0 Å². The molecular weight excluding hydrogens is 264 g/mol. The van der Waals surface area contributed by atoms with Gasteiger partial charge in [0.1, 0.15) is 5.39 Å². The lowest BCUT2D eigenvalue weighted by Gasteiger charge is -2.03. The van der Waals surface area contributed by atoms with E-state index in [1.165, 1.54) is 0 Å². The second-order valence-corrected chi connectivity index (χ2v) is 5.05. The van der Waals surface area contributed by atoms with Gasteiger partial charge in [-0.2, -0.15) is 0 Å². The van der Waals surface area contributed by atoms with Crippen LogP contribution in [0.1, 0.15) is 26.0 Å². The monoisotopic (exact) mass is 286 g/mol. The Labute approximate surface area is 125 Å². The number of aryl methyl sites for hydroxylation is 1. The summed E-state index contributed by atoms with van der Waals surface area (Å²) in [5.74, 6) is 0.520. The SMILES string of the molecule is C=C(Oc1[o+]c2ccccc2c(C)[n+]1C)/C(CC)=C(/C)N. The number of allylic oxidation sites excluding steroid dienone is 2. The fourth-order valence-corrected chi connectivity index (χ4v) is 2.29. The lowest BCUT2D eigenvalue weighted by atomic mass is 10.1. The predicted molar refractivity (Wildman–Crippen MR) is 83.5 cm³/mol. The van der Waals surface area contributed by atoms with Crippen LogP contribution in [0.5, 0.6) is 6.08 Å². The second-order valence-electron chi connectivity index (χ2n) is 5.05. The zero-order valence-corrected chi connectivity index (χ0v) is 13.1. The first-order valence-electron chi connectivity index (χ1n) is 6.99. The maximum Gasteiger partial charge on any atom is 0.800 e. The molecule has 0 spiro atoms. The normalized spacial score (nSPS) is 12.2. The van der Waals surface area contributed by atoms with Gasteiger partial charge in [-0.1, -0.05) is 23.6 Å². The number of rotatable bonds is 4. The lowest BCUT2D eigenvalue weighted by Crippen LogP contribution is -2.34. The van der Waals surface area contributed by atoms with E-state index in [2.05, 4.69) is 6.58 Å². The van der Waals surface area contributed by atoms with E-state index in [-0.39, 0.29) is 0 Å². The van der Waals surface area contributed by atoms with Gasteiger partial charge in [0.25, 0.3) is 11.3 Å². The summed E-state index contributed by atoms with van der Waals surface area (Å²) >= 11 is 0. The number of ether oxygens (including phenoxy) is 1. The molecule has 2 aromatic rings. The summed E-state index contributed by atoms with van der Waals surface area (Å²) in [4.78, 5) is 0. The zero-order chi connectivity index (χ0) is 15.6. The molecule has 1 heterocycles. The van der Waals surface area contributed by atoms with Crippen molar-refractivity contribution in [3.05, 3.63) is 53.6 Å². The third-order valence-electron chi connectivity index (χ3n) is 3.63. The van der Waals surface area contributed by atoms with E-state index >= 15 is 0 Å². The Morgan fingerprint density at radius 3 is 2.67 bits per heavy atom. The van der Waals surface area contributed by atoms with Crippen LogP contribution in [0.4, 0.5) is 0 Å². The van der Waals surface area contributed by atoms with Gasteiger partial charge in [0.15, 0.2) is 7.05 Å². The maximum absolute atomic E-state index is 5.86. The molecular formula is C17H22N2O2+2. The average Bonchev–Trinajstić information content (AvgIpc) is 2.45. The third kappa shape index (κ3) is 2.89. The minimum Gasteiger partial charge on any atom is -0.402 e. The summed E-state index contributed by atoms with van der Waals surface area (Å²) in [6.45, 7) is 9.85. The first-order valence-corrected chi connectivity index (χ1v) is 6.99. The Balaban J connectivity index is 2.46. The number of para-hydroxylation sites is 1. The Morgan fingerprint density at radius 2 is 2.05 bits per heavy atom. The van der Waals surface area contributed by atoms with Crippen LogP contribution in [0.3, 0.4) is 0 Å². The number of fused-ring (bicyclic) bond motifs is 1. The van der Waals surface area contributed by atoms with E-state index in [1.54, 1.807) is 0 Å². The van der Waals surface area contributed by atoms with Crippen molar-refractivity contribution in [3.8, 4) is 6.08 Å². The minimum atomic E-state index is 0.392. The molecule has 0 aliphatic rings. The van der Waals surface area contributed by atoms with Gasteiger partial charge in [-0.05, 0) is 26.0 Å². The molecule has 110 valence electrons. The molecule has 4 heteroatoms. The van der Waals surface area contributed by atoms with Crippen LogP contribution in [0, 0.1) is 6.92 Å². The standard InChI is InChI=1S/C17H22N2O2/c1-6-14(11(2)18)13(4)20-17-19(5)12(3)15-9-7-8-10-16(15)21-17/h7-10H,4,6,18H2,1-3,5H3/q+2/b14-11-. The summed E-state index contributed by atoms with van der Waals surface area (Å²) < 4.78 is 13.5. The van der Waals surface area contributed by atoms with Crippen molar-refractivity contribution >= 4 is 11.0 Å². The maximum atomic E-state index is 5.86. The highest BCUT2D eigenvalue weighted by atomic mass is 16.6. The molecule has 2 N–H and O–H groups in total. The van der Waals surface area contributed by atoms with Crippen molar-refractivity contribution in [2.24, 2.45) is 12.8 Å². The van der Waals surface area contributed by atoms with Crippen molar-refractivity contribution in [2.75, 3.05) is 0 Å². The van der Waals surface area contributed by atoms with Crippen LogP contribution in [0.25, 0.3) is 11.0 Å². The van der Waals surface area contributed by atoms with Crippen LogP contribution >= 0.6 is 0 Å². The van der Waals surface area contributed by atoms with Gasteiger partial charge in [-0.25, -0.2) is 9.15 Å². The molecule has 0 radical (unpaired) electrons. The van der Waals surface area contributed by atoms with Crippen LogP contribution in [0.15, 0.2) is 52.3 Å². The lowest BCUT2D eigenvalue weighted by molar-refractivity contribution is -0.691. The first-order chi connectivity index (χ1) is 9.95. The highest BCUT2D eigenvalue weighted by Gasteiger charge is 2.32. The van der Waals surface area contributed by atoms with E-state index in [0.717, 1.165) is 28.7 Å². The highest BCUT2D eigenvalue weighted by molar-refractivity contribution is 5.77. The quantitative estimate of drug-likeness (QED) is 0.406. The fourth-order valence-electron chi connectivity index (χ4n) is 2.29. The topological polar surface area (TPSA) is 50.4 Å². The molecule has 4 nitrogen and oxygen atoms in total. The molecule has 1 aromatic carbocycles. The van der Waals surface area contributed by atoms with Crippen LogP contribution in [-0.2, 0) is 7.05 Å². The molecule has 0 saturated carbocycles. The molecule has 0 aliphatic heterocycles. The van der Waals surface area contributed by atoms with Crippen LogP contribution < -0.4 is 15.0 Å². The van der Waals surface area contributed by atoms with Gasteiger partial charge in [-0.15, -0.1) is 0 Å². The third-order valence-corrected chi connectivity index (χ3v) is 3.63. The predicted octanol–water partition coefficient (Wildman–Crippen LogP) is 3.38. The molecule has 0 bridgehead atoms. The number of hydrogen-bond acceptors (Lipinski definition) is 2. The van der Waals surface area contributed by atoms with E-state index in [0.29, 0.717) is 17.5 Å². The first kappa shape index (κ1) is 15.0. The summed E-state index contributed by atoms with van der Waals surface area (Å²) in [6.07, 6.45) is 1.15. The highest BCUT2D eigenvalue weighted by Crippen LogP contribution is 2.23. The second kappa shape index (κ2) is 5.95. The average molecular weight is 286 g/mol. The molecule has 0 atom stereocenters. The van der Waals surface area contributed by atoms with Gasteiger partial charge in [0, 0.05) is 24.3 Å². The van der Waals surface area contributed by atoms with E-state index in [1.807, 2.05) is 56.7 Å². The fraction of sp³-hybridized carbons (Fsp3) is 0.294. The summed E-state index contributed by atoms with van der Waals surface area (Å²) in [7, 11) is 1.90. The molecule has 0 fully saturated rings. The summed E-state index contributed by atoms with van der Waals surface area (Å²) in [5, 5.41) is 1.05. The Bertz CT molecular complexity index is 729. The zero-order valence-electron chi connectivity index (χ0n) is 13.1. The van der Waals surface area contributed by atoms with Crippen molar-refractivity contribution in [3.63, 3.8) is 0 Å². The number of nitrogens with zero attached hydrogens (tertiary/aromatic N) is 1. The number of benzene rings is 1. The molecule has 0 unspecified atom stereocenters. The number of nitrogens with two attached hydrogens (primary N) is 1. The molecule has 0 amide bonds. The van der Waals surface area contributed by atoms with Gasteiger partial charge < -0.3 is 5.73 Å². The van der Waals surface area contributed by atoms with Gasteiger partial charge >= 0.3 is 6.08 Å². The van der Waals surface area contributed by atoms with Crippen molar-refractivity contribution in [2.45, 2.75) is 27.2 Å². The van der Waals surface area contributed by atoms with Crippen LogP contribution in [0.2, 0.25) is 0 Å². The Kier molecular flexibility index (Phi) is 4.26. The smallest absolute Gasteiger partial charge is 0.402 e. The molecule has 21 heavy (non-hydrogen) atoms. The van der Waals surface area contributed by atoms with Crippen molar-refractivity contribution < 1.29 is 13.7 Å². The number of aromatic nitrogens is 1. The number of hydrogen-bond donors (Lipinski definition) is 1. The molecule has 1 aromatic heterocycles. The molecule has 0 aliphatic carbocycles.